The van der Waals surface area contributed by atoms with Crippen LogP contribution in [0.3, 0.4) is 0 Å². The molecule has 3 aliphatic rings. The van der Waals surface area contributed by atoms with Crippen molar-refractivity contribution >= 4 is 0 Å². The molecule has 2 N–H and O–H groups in total. The molecule has 0 spiro atoms. The molecule has 0 aromatic carbocycles. The Morgan fingerprint density at radius 3 is 2.81 bits per heavy atom. The van der Waals surface area contributed by atoms with Gasteiger partial charge in [-0.2, -0.15) is 0 Å². The van der Waals surface area contributed by atoms with Gasteiger partial charge in [0.25, 0.3) is 0 Å². The molecule has 3 nitrogen and oxygen atoms in total. The minimum atomic E-state index is -0.128. The number of hydrogen-bond donors (Lipinski definition) is 2. The minimum absolute atomic E-state index is 0.128. The van der Waals surface area contributed by atoms with Gasteiger partial charge in [-0.25, -0.2) is 0 Å². The van der Waals surface area contributed by atoms with Gasteiger partial charge in [-0.3, -0.25) is 0 Å². The third kappa shape index (κ3) is 1.60. The Bertz CT molecular complexity index is 275. The summed E-state index contributed by atoms with van der Waals surface area (Å²) in [6.07, 6.45) is 3.93. The van der Waals surface area contributed by atoms with E-state index in [0.29, 0.717) is 24.0 Å². The average Bonchev–Trinajstić information content (AvgIpc) is 2.98. The maximum absolute atomic E-state index is 9.87. The van der Waals surface area contributed by atoms with Crippen LogP contribution >= 0.6 is 0 Å². The lowest BCUT2D eigenvalue weighted by Crippen LogP contribution is -2.66. The van der Waals surface area contributed by atoms with Crippen molar-refractivity contribution in [2.75, 3.05) is 13.2 Å². The summed E-state index contributed by atoms with van der Waals surface area (Å²) in [6, 6.07) is 0.536. The first-order valence-electron chi connectivity index (χ1n) is 6.64. The van der Waals surface area contributed by atoms with Crippen LogP contribution in [0.2, 0.25) is 0 Å². The first-order chi connectivity index (χ1) is 7.60. The van der Waals surface area contributed by atoms with Crippen molar-refractivity contribution in [1.29, 1.82) is 0 Å². The summed E-state index contributed by atoms with van der Waals surface area (Å²) < 4.78 is 5.76. The Balaban J connectivity index is 1.54. The molecule has 0 aromatic heterocycles. The van der Waals surface area contributed by atoms with E-state index in [4.69, 9.17) is 4.74 Å². The van der Waals surface area contributed by atoms with Crippen LogP contribution in [0.5, 0.6) is 0 Å². The van der Waals surface area contributed by atoms with Crippen molar-refractivity contribution in [2.45, 2.75) is 51.4 Å². The molecule has 3 rings (SSSR count). The van der Waals surface area contributed by atoms with Crippen LogP contribution in [-0.4, -0.2) is 36.5 Å². The van der Waals surface area contributed by atoms with Gasteiger partial charge < -0.3 is 15.2 Å². The SMILES string of the molecule is CC1(C)C(NCC(O)C2CC2)C2CCOC21. The van der Waals surface area contributed by atoms with Crippen LogP contribution < -0.4 is 5.32 Å². The Morgan fingerprint density at radius 1 is 1.38 bits per heavy atom. The van der Waals surface area contributed by atoms with Gasteiger partial charge in [-0.1, -0.05) is 13.8 Å². The Morgan fingerprint density at radius 2 is 2.12 bits per heavy atom. The zero-order valence-electron chi connectivity index (χ0n) is 10.3. The summed E-state index contributed by atoms with van der Waals surface area (Å²) in [7, 11) is 0. The molecule has 1 heterocycles. The van der Waals surface area contributed by atoms with E-state index >= 15 is 0 Å². The normalized spacial score (nSPS) is 42.6. The number of aliphatic hydroxyl groups is 1. The van der Waals surface area contributed by atoms with E-state index in [1.54, 1.807) is 0 Å². The second-order valence-electron chi connectivity index (χ2n) is 6.36. The zero-order valence-corrected chi connectivity index (χ0v) is 10.3. The second kappa shape index (κ2) is 3.69. The van der Waals surface area contributed by atoms with Gasteiger partial charge in [-0.05, 0) is 25.2 Å². The topological polar surface area (TPSA) is 41.5 Å². The van der Waals surface area contributed by atoms with Gasteiger partial charge >= 0.3 is 0 Å². The average molecular weight is 225 g/mol. The van der Waals surface area contributed by atoms with E-state index in [0.717, 1.165) is 13.2 Å². The summed E-state index contributed by atoms with van der Waals surface area (Å²) in [5.74, 6) is 1.26. The van der Waals surface area contributed by atoms with Crippen molar-refractivity contribution in [1.82, 2.24) is 5.32 Å². The quantitative estimate of drug-likeness (QED) is 0.754. The Labute approximate surface area is 97.6 Å². The fourth-order valence-electron chi connectivity index (χ4n) is 3.63. The summed E-state index contributed by atoms with van der Waals surface area (Å²) >= 11 is 0. The molecule has 4 unspecified atom stereocenters. The molecular formula is C13H23NO2. The monoisotopic (exact) mass is 225 g/mol. The first-order valence-corrected chi connectivity index (χ1v) is 6.64. The Kier molecular flexibility index (Phi) is 2.54. The molecule has 2 saturated carbocycles. The van der Waals surface area contributed by atoms with E-state index in [1.807, 2.05) is 0 Å². The van der Waals surface area contributed by atoms with Crippen LogP contribution in [0, 0.1) is 17.3 Å². The van der Waals surface area contributed by atoms with Gasteiger partial charge in [0.15, 0.2) is 0 Å². The molecule has 1 aliphatic heterocycles. The van der Waals surface area contributed by atoms with E-state index < -0.39 is 0 Å². The van der Waals surface area contributed by atoms with Crippen LogP contribution in [0.1, 0.15) is 33.1 Å². The molecular weight excluding hydrogens is 202 g/mol. The van der Waals surface area contributed by atoms with E-state index in [-0.39, 0.29) is 11.5 Å². The van der Waals surface area contributed by atoms with Gasteiger partial charge in [0, 0.05) is 30.5 Å². The lowest BCUT2D eigenvalue weighted by atomic mass is 9.57. The fraction of sp³-hybridized carbons (Fsp3) is 1.00. The van der Waals surface area contributed by atoms with Gasteiger partial charge in [0.1, 0.15) is 0 Å². The number of nitrogens with one attached hydrogen (secondary N) is 1. The molecule has 92 valence electrons. The van der Waals surface area contributed by atoms with Crippen molar-refractivity contribution < 1.29 is 9.84 Å². The fourth-order valence-corrected chi connectivity index (χ4v) is 3.63. The molecule has 1 saturated heterocycles. The molecule has 16 heavy (non-hydrogen) atoms. The third-order valence-corrected chi connectivity index (χ3v) is 4.81. The smallest absolute Gasteiger partial charge is 0.0692 e. The summed E-state index contributed by atoms with van der Waals surface area (Å²) in [5, 5.41) is 13.4. The van der Waals surface area contributed by atoms with Crippen molar-refractivity contribution in [3.8, 4) is 0 Å². The van der Waals surface area contributed by atoms with Crippen LogP contribution in [0.15, 0.2) is 0 Å². The summed E-state index contributed by atoms with van der Waals surface area (Å²) in [6.45, 7) is 6.24. The van der Waals surface area contributed by atoms with Crippen molar-refractivity contribution in [3.05, 3.63) is 0 Å². The van der Waals surface area contributed by atoms with Crippen LogP contribution in [0.4, 0.5) is 0 Å². The van der Waals surface area contributed by atoms with Gasteiger partial charge in [-0.15, -0.1) is 0 Å². The number of ether oxygens (including phenoxy) is 1. The van der Waals surface area contributed by atoms with Crippen LogP contribution in [0.25, 0.3) is 0 Å². The molecule has 0 amide bonds. The lowest BCUT2D eigenvalue weighted by Gasteiger charge is -2.55. The standard InChI is InChI=1S/C13H23NO2/c1-13(2)11(9-5-6-16-12(9)13)14-7-10(15)8-3-4-8/h8-12,14-15H,3-7H2,1-2H3. The highest BCUT2D eigenvalue weighted by Crippen LogP contribution is 2.52. The molecule has 3 fully saturated rings. The number of rotatable bonds is 4. The largest absolute Gasteiger partial charge is 0.392 e. The number of aliphatic hydroxyl groups excluding tert-OH is 1. The highest BCUT2D eigenvalue weighted by molar-refractivity contribution is 5.11. The summed E-state index contributed by atoms with van der Waals surface area (Å²) in [5.41, 5.74) is 0.241. The predicted octanol–water partition coefficient (Wildman–Crippen LogP) is 1.16. The van der Waals surface area contributed by atoms with Crippen molar-refractivity contribution in [3.63, 3.8) is 0 Å². The number of fused-ring (bicyclic) bond motifs is 1. The van der Waals surface area contributed by atoms with E-state index in [2.05, 4.69) is 19.2 Å². The highest BCUT2D eigenvalue weighted by atomic mass is 16.5. The Hall–Kier alpha value is -0.120. The lowest BCUT2D eigenvalue weighted by molar-refractivity contribution is -0.114. The molecule has 0 bridgehead atoms. The molecule has 4 atom stereocenters. The summed E-state index contributed by atoms with van der Waals surface area (Å²) in [4.78, 5) is 0. The van der Waals surface area contributed by atoms with Gasteiger partial charge in [0.2, 0.25) is 0 Å². The predicted molar refractivity (Wildman–Crippen MR) is 62.1 cm³/mol. The molecule has 0 aromatic rings. The van der Waals surface area contributed by atoms with Crippen molar-refractivity contribution in [2.24, 2.45) is 17.3 Å². The van der Waals surface area contributed by atoms with E-state index in [9.17, 15) is 5.11 Å². The molecule has 2 aliphatic carbocycles. The highest BCUT2D eigenvalue weighted by Gasteiger charge is 2.59. The molecule has 3 heteroatoms. The van der Waals surface area contributed by atoms with E-state index in [1.165, 1.54) is 19.3 Å². The maximum atomic E-state index is 9.87. The maximum Gasteiger partial charge on any atom is 0.0692 e. The first kappa shape index (κ1) is 11.0. The minimum Gasteiger partial charge on any atom is -0.392 e. The van der Waals surface area contributed by atoms with Gasteiger partial charge in [0.05, 0.1) is 12.2 Å². The van der Waals surface area contributed by atoms with Crippen LogP contribution in [-0.2, 0) is 4.74 Å². The number of hydrogen-bond acceptors (Lipinski definition) is 3. The second-order valence-corrected chi connectivity index (χ2v) is 6.36. The third-order valence-electron chi connectivity index (χ3n) is 4.81. The zero-order chi connectivity index (χ0) is 11.3. The molecule has 0 radical (unpaired) electrons.